The quantitative estimate of drug-likeness (QED) is 0.311. The van der Waals surface area contributed by atoms with Crippen LogP contribution in [0.2, 0.25) is 5.02 Å². The Morgan fingerprint density at radius 1 is 1.23 bits per heavy atom. The highest BCUT2D eigenvalue weighted by Gasteiger charge is 2.30. The van der Waals surface area contributed by atoms with Crippen LogP contribution in [0.1, 0.15) is 42.8 Å². The Hall–Kier alpha value is -2.16. The Labute approximate surface area is 198 Å². The van der Waals surface area contributed by atoms with Crippen molar-refractivity contribution in [1.29, 1.82) is 0 Å². The van der Waals surface area contributed by atoms with Crippen LogP contribution in [-0.4, -0.2) is 39.3 Å². The summed E-state index contributed by atoms with van der Waals surface area (Å²) in [6.07, 6.45) is 0.675. The Morgan fingerprint density at radius 2 is 2.03 bits per heavy atom. The van der Waals surface area contributed by atoms with Crippen molar-refractivity contribution >= 4 is 51.0 Å². The van der Waals surface area contributed by atoms with E-state index in [1.54, 1.807) is 11.8 Å². The van der Waals surface area contributed by atoms with E-state index in [0.717, 1.165) is 37.9 Å². The lowest BCUT2D eigenvalue weighted by molar-refractivity contribution is -0.140. The SMILES string of the molecule is CCSc1nnc2n1-c1ccc(Br)cc1C(c1ccccc1Cl)=N[C@H]2CCC(=O)OC. The van der Waals surface area contributed by atoms with Crippen LogP contribution in [0.4, 0.5) is 0 Å². The van der Waals surface area contributed by atoms with E-state index < -0.39 is 0 Å². The summed E-state index contributed by atoms with van der Waals surface area (Å²) in [4.78, 5) is 17.0. The molecule has 9 heteroatoms. The molecular weight excluding hydrogens is 500 g/mol. The molecule has 0 N–H and O–H groups in total. The number of aromatic nitrogens is 3. The average molecular weight is 520 g/mol. The number of hydrogen-bond acceptors (Lipinski definition) is 6. The van der Waals surface area contributed by atoms with Gasteiger partial charge >= 0.3 is 5.97 Å². The summed E-state index contributed by atoms with van der Waals surface area (Å²) in [7, 11) is 1.39. The molecule has 0 saturated heterocycles. The number of ether oxygens (including phenoxy) is 1. The van der Waals surface area contributed by atoms with Gasteiger partial charge in [-0.2, -0.15) is 0 Å². The highest BCUT2D eigenvalue weighted by atomic mass is 79.9. The van der Waals surface area contributed by atoms with Crippen molar-refractivity contribution in [2.24, 2.45) is 4.99 Å². The Morgan fingerprint density at radius 3 is 2.77 bits per heavy atom. The van der Waals surface area contributed by atoms with E-state index in [0.29, 0.717) is 17.3 Å². The molecule has 2 heterocycles. The van der Waals surface area contributed by atoms with E-state index in [1.165, 1.54) is 7.11 Å². The van der Waals surface area contributed by atoms with Crippen molar-refractivity contribution < 1.29 is 9.53 Å². The third-order valence-corrected chi connectivity index (χ3v) is 6.58. The van der Waals surface area contributed by atoms with Crippen LogP contribution < -0.4 is 0 Å². The molecule has 1 aliphatic rings. The van der Waals surface area contributed by atoms with Gasteiger partial charge in [0, 0.05) is 27.0 Å². The molecule has 0 fully saturated rings. The molecule has 0 unspecified atom stereocenters. The predicted octanol–water partition coefficient (Wildman–Crippen LogP) is 5.64. The highest BCUT2D eigenvalue weighted by molar-refractivity contribution is 9.10. The maximum Gasteiger partial charge on any atom is 0.305 e. The minimum atomic E-state index is -0.379. The lowest BCUT2D eigenvalue weighted by Crippen LogP contribution is -2.09. The third-order valence-electron chi connectivity index (χ3n) is 4.95. The number of esters is 1. The van der Waals surface area contributed by atoms with Crippen LogP contribution in [0.3, 0.4) is 0 Å². The topological polar surface area (TPSA) is 69.4 Å². The van der Waals surface area contributed by atoms with Crippen molar-refractivity contribution in [2.45, 2.75) is 31.0 Å². The first-order chi connectivity index (χ1) is 15.0. The second-order valence-corrected chi connectivity index (χ2v) is 9.41. The second-order valence-electron chi connectivity index (χ2n) is 6.86. The maximum atomic E-state index is 11.9. The van der Waals surface area contributed by atoms with Gasteiger partial charge in [-0.05, 0) is 36.4 Å². The normalized spacial score (nSPS) is 15.0. The zero-order valence-corrected chi connectivity index (χ0v) is 20.2. The van der Waals surface area contributed by atoms with Crippen LogP contribution in [0.5, 0.6) is 0 Å². The standard InChI is InChI=1S/C22H20BrClN4O2S/c1-3-31-22-27-26-21-17(9-11-19(29)30-2)25-20(14-6-4-5-7-16(14)24)15-12-13(23)8-10-18(15)28(21)22/h4-8,10,12,17H,3,9,11H2,1-2H3/t17-/m0/s1. The average Bonchev–Trinajstić information content (AvgIpc) is 3.12. The number of hydrogen-bond donors (Lipinski definition) is 0. The van der Waals surface area contributed by atoms with E-state index in [-0.39, 0.29) is 18.4 Å². The number of thioether (sulfide) groups is 1. The molecule has 2 aromatic carbocycles. The molecule has 3 aromatic rings. The molecule has 160 valence electrons. The summed E-state index contributed by atoms with van der Waals surface area (Å²) in [5, 5.41) is 10.3. The Balaban J connectivity index is 1.96. The molecule has 0 spiro atoms. The summed E-state index contributed by atoms with van der Waals surface area (Å²) in [5.74, 6) is 1.27. The summed E-state index contributed by atoms with van der Waals surface area (Å²) >= 11 is 11.8. The molecule has 1 aliphatic heterocycles. The minimum Gasteiger partial charge on any atom is -0.469 e. The number of carbonyl (C=O) groups excluding carboxylic acids is 1. The number of benzene rings is 2. The smallest absolute Gasteiger partial charge is 0.305 e. The van der Waals surface area contributed by atoms with E-state index >= 15 is 0 Å². The monoisotopic (exact) mass is 518 g/mol. The van der Waals surface area contributed by atoms with Crippen molar-refractivity contribution in [2.75, 3.05) is 12.9 Å². The molecular formula is C22H20BrClN4O2S. The number of aliphatic imine (C=N–C) groups is 1. The Bertz CT molecular complexity index is 1160. The molecule has 31 heavy (non-hydrogen) atoms. The minimum absolute atomic E-state index is 0.226. The Kier molecular flexibility index (Phi) is 6.79. The lowest BCUT2D eigenvalue weighted by atomic mass is 10.00. The van der Waals surface area contributed by atoms with Crippen LogP contribution in [0, 0.1) is 0 Å². The van der Waals surface area contributed by atoms with Gasteiger partial charge in [-0.3, -0.25) is 14.4 Å². The predicted molar refractivity (Wildman–Crippen MR) is 127 cm³/mol. The molecule has 1 atom stereocenters. The second kappa shape index (κ2) is 9.54. The van der Waals surface area contributed by atoms with Gasteiger partial charge < -0.3 is 4.74 Å². The zero-order valence-electron chi connectivity index (χ0n) is 17.0. The van der Waals surface area contributed by atoms with Crippen LogP contribution in [-0.2, 0) is 9.53 Å². The zero-order chi connectivity index (χ0) is 22.0. The van der Waals surface area contributed by atoms with Gasteiger partial charge in [0.25, 0.3) is 0 Å². The number of methoxy groups -OCH3 is 1. The van der Waals surface area contributed by atoms with Gasteiger partial charge in [0.15, 0.2) is 11.0 Å². The van der Waals surface area contributed by atoms with Crippen molar-refractivity contribution in [1.82, 2.24) is 14.8 Å². The van der Waals surface area contributed by atoms with E-state index in [9.17, 15) is 4.79 Å². The molecule has 0 bridgehead atoms. The molecule has 0 aliphatic carbocycles. The van der Waals surface area contributed by atoms with Crippen molar-refractivity contribution in [3.05, 3.63) is 68.9 Å². The molecule has 0 radical (unpaired) electrons. The fourth-order valence-electron chi connectivity index (χ4n) is 3.54. The van der Waals surface area contributed by atoms with Gasteiger partial charge in [0.1, 0.15) is 6.04 Å². The summed E-state index contributed by atoms with van der Waals surface area (Å²) in [6, 6.07) is 13.3. The van der Waals surface area contributed by atoms with Crippen LogP contribution in [0.15, 0.2) is 57.1 Å². The van der Waals surface area contributed by atoms with Gasteiger partial charge in [0.2, 0.25) is 0 Å². The van der Waals surface area contributed by atoms with E-state index in [4.69, 9.17) is 21.3 Å². The van der Waals surface area contributed by atoms with Crippen molar-refractivity contribution in [3.8, 4) is 5.69 Å². The molecule has 1 aromatic heterocycles. The highest BCUT2D eigenvalue weighted by Crippen LogP contribution is 2.37. The van der Waals surface area contributed by atoms with Crippen LogP contribution >= 0.6 is 39.3 Å². The van der Waals surface area contributed by atoms with Crippen LogP contribution in [0.25, 0.3) is 5.69 Å². The number of halogens is 2. The lowest BCUT2D eigenvalue weighted by Gasteiger charge is -2.14. The number of nitrogens with zero attached hydrogens (tertiary/aromatic N) is 4. The fraction of sp³-hybridized carbons (Fsp3) is 0.273. The first kappa shape index (κ1) is 22.0. The number of rotatable bonds is 6. The maximum absolute atomic E-state index is 11.9. The van der Waals surface area contributed by atoms with Gasteiger partial charge in [-0.25, -0.2) is 0 Å². The fourth-order valence-corrected chi connectivity index (χ4v) is 4.80. The van der Waals surface area contributed by atoms with Gasteiger partial charge in [0.05, 0.1) is 18.5 Å². The summed E-state index contributed by atoms with van der Waals surface area (Å²) < 4.78 is 7.83. The van der Waals surface area contributed by atoms with Gasteiger partial charge in [-0.15, -0.1) is 10.2 Å². The van der Waals surface area contributed by atoms with Crippen molar-refractivity contribution in [3.63, 3.8) is 0 Å². The largest absolute Gasteiger partial charge is 0.469 e. The van der Waals surface area contributed by atoms with Gasteiger partial charge in [-0.1, -0.05) is 64.4 Å². The third kappa shape index (κ3) is 4.42. The molecule has 0 saturated carbocycles. The first-order valence-corrected chi connectivity index (χ1v) is 12.0. The number of fused-ring (bicyclic) bond motifs is 3. The van der Waals surface area contributed by atoms with E-state index in [2.05, 4.69) is 33.1 Å². The molecule has 0 amide bonds. The summed E-state index contributed by atoms with van der Waals surface area (Å²) in [6.45, 7) is 2.08. The summed E-state index contributed by atoms with van der Waals surface area (Å²) in [5.41, 5.74) is 3.44. The number of carbonyl (C=O) groups is 1. The first-order valence-electron chi connectivity index (χ1n) is 9.81. The van der Waals surface area contributed by atoms with E-state index in [1.807, 2.05) is 47.0 Å². The molecule has 6 nitrogen and oxygen atoms in total. The molecule has 4 rings (SSSR count).